The van der Waals surface area contributed by atoms with Gasteiger partial charge in [0.15, 0.2) is 11.0 Å². The van der Waals surface area contributed by atoms with Gasteiger partial charge in [-0.3, -0.25) is 4.79 Å². The molecule has 0 fully saturated rings. The van der Waals surface area contributed by atoms with Gasteiger partial charge in [0.25, 0.3) is 5.91 Å². The van der Waals surface area contributed by atoms with E-state index in [-0.39, 0.29) is 35.3 Å². The molecule has 0 saturated heterocycles. The van der Waals surface area contributed by atoms with Gasteiger partial charge in [-0.25, -0.2) is 0 Å². The predicted octanol–water partition coefficient (Wildman–Crippen LogP) is 1.69. The first-order chi connectivity index (χ1) is 6.63. The van der Waals surface area contributed by atoms with Crippen molar-refractivity contribution in [2.45, 2.75) is 13.0 Å². The van der Waals surface area contributed by atoms with E-state index in [1.807, 2.05) is 14.0 Å². The minimum absolute atomic E-state index is 0. The van der Waals surface area contributed by atoms with Crippen molar-refractivity contribution >= 4 is 29.9 Å². The Morgan fingerprint density at radius 1 is 1.60 bits per heavy atom. The summed E-state index contributed by atoms with van der Waals surface area (Å²) in [6.45, 7) is 2.52. The van der Waals surface area contributed by atoms with Crippen molar-refractivity contribution in [1.82, 2.24) is 10.6 Å². The average Bonchev–Trinajstić information content (AvgIpc) is 2.60. The fourth-order valence-electron chi connectivity index (χ4n) is 0.871. The van der Waals surface area contributed by atoms with Crippen molar-refractivity contribution < 1.29 is 9.21 Å². The lowest BCUT2D eigenvalue weighted by Gasteiger charge is -2.09. The molecule has 0 radical (unpaired) electrons. The first-order valence-electron chi connectivity index (χ1n) is 4.34. The number of nitrogens with one attached hydrogen (secondary N) is 2. The Morgan fingerprint density at radius 3 is 2.73 bits per heavy atom. The number of amides is 1. The molecule has 1 aromatic rings. The van der Waals surface area contributed by atoms with E-state index in [9.17, 15) is 4.79 Å². The quantitative estimate of drug-likeness (QED) is 0.858. The standard InChI is InChI=1S/C9H13ClN2O2.ClH/c1-6(11-2)5-12-9(13)7-3-4-8(10)14-7;/h3-4,6,11H,5H2,1-2H3,(H,12,13);1H. The van der Waals surface area contributed by atoms with Crippen molar-refractivity contribution in [1.29, 1.82) is 0 Å². The van der Waals surface area contributed by atoms with Crippen LogP contribution in [0.4, 0.5) is 0 Å². The van der Waals surface area contributed by atoms with E-state index in [0.29, 0.717) is 6.54 Å². The Balaban J connectivity index is 0.00000196. The first kappa shape index (κ1) is 14.3. The molecule has 86 valence electrons. The fourth-order valence-corrected chi connectivity index (χ4v) is 1.02. The Morgan fingerprint density at radius 2 is 2.27 bits per heavy atom. The Bertz CT molecular complexity index is 315. The van der Waals surface area contributed by atoms with Crippen LogP contribution < -0.4 is 10.6 Å². The van der Waals surface area contributed by atoms with Gasteiger partial charge in [0.05, 0.1) is 0 Å². The second-order valence-corrected chi connectivity index (χ2v) is 3.38. The van der Waals surface area contributed by atoms with E-state index >= 15 is 0 Å². The lowest BCUT2D eigenvalue weighted by molar-refractivity contribution is 0.0923. The molecule has 0 aromatic carbocycles. The zero-order valence-electron chi connectivity index (χ0n) is 8.54. The summed E-state index contributed by atoms with van der Waals surface area (Å²) in [5.74, 6) is -0.0164. The molecule has 2 N–H and O–H groups in total. The smallest absolute Gasteiger partial charge is 0.287 e. The third-order valence-corrected chi connectivity index (χ3v) is 2.06. The van der Waals surface area contributed by atoms with Crippen molar-refractivity contribution in [2.75, 3.05) is 13.6 Å². The van der Waals surface area contributed by atoms with Gasteiger partial charge in [0.2, 0.25) is 0 Å². The largest absolute Gasteiger partial charge is 0.440 e. The molecule has 4 nitrogen and oxygen atoms in total. The monoisotopic (exact) mass is 252 g/mol. The van der Waals surface area contributed by atoms with Gasteiger partial charge in [-0.15, -0.1) is 12.4 Å². The molecule has 1 rings (SSSR count). The predicted molar refractivity (Wildman–Crippen MR) is 61.8 cm³/mol. The van der Waals surface area contributed by atoms with Crippen LogP contribution in [0.3, 0.4) is 0 Å². The number of furan rings is 1. The van der Waals surface area contributed by atoms with E-state index in [1.54, 1.807) is 6.07 Å². The number of hydrogen-bond donors (Lipinski definition) is 2. The molecule has 0 bridgehead atoms. The van der Waals surface area contributed by atoms with Crippen LogP contribution >= 0.6 is 24.0 Å². The highest BCUT2D eigenvalue weighted by molar-refractivity contribution is 6.29. The maximum Gasteiger partial charge on any atom is 0.287 e. The molecule has 1 amide bonds. The lowest BCUT2D eigenvalue weighted by Crippen LogP contribution is -2.36. The van der Waals surface area contributed by atoms with Gasteiger partial charge >= 0.3 is 0 Å². The zero-order valence-corrected chi connectivity index (χ0v) is 10.1. The zero-order chi connectivity index (χ0) is 10.6. The van der Waals surface area contributed by atoms with E-state index < -0.39 is 0 Å². The molecule has 1 unspecified atom stereocenters. The van der Waals surface area contributed by atoms with Crippen molar-refractivity contribution in [3.63, 3.8) is 0 Å². The van der Waals surface area contributed by atoms with Gasteiger partial charge in [-0.05, 0) is 37.7 Å². The maximum absolute atomic E-state index is 11.4. The third kappa shape index (κ3) is 4.55. The number of carbonyl (C=O) groups is 1. The van der Waals surface area contributed by atoms with E-state index in [1.165, 1.54) is 6.07 Å². The highest BCUT2D eigenvalue weighted by Crippen LogP contribution is 2.12. The number of likely N-dealkylation sites (N-methyl/N-ethyl adjacent to an activating group) is 1. The van der Waals surface area contributed by atoms with Crippen LogP contribution in [0.1, 0.15) is 17.5 Å². The van der Waals surface area contributed by atoms with Crippen LogP contribution in [0.25, 0.3) is 0 Å². The Labute approximate surface area is 99.8 Å². The molecule has 0 saturated carbocycles. The summed E-state index contributed by atoms with van der Waals surface area (Å²) in [5, 5.41) is 5.93. The normalized spacial score (nSPS) is 11.7. The number of rotatable bonds is 4. The summed E-state index contributed by atoms with van der Waals surface area (Å²) >= 11 is 5.54. The highest BCUT2D eigenvalue weighted by atomic mass is 35.5. The van der Waals surface area contributed by atoms with Crippen molar-refractivity contribution in [3.8, 4) is 0 Å². The van der Waals surface area contributed by atoms with Gasteiger partial charge in [-0.1, -0.05) is 0 Å². The molecule has 6 heteroatoms. The summed E-state index contributed by atoms with van der Waals surface area (Å²) in [4.78, 5) is 11.4. The van der Waals surface area contributed by atoms with E-state index in [2.05, 4.69) is 10.6 Å². The summed E-state index contributed by atoms with van der Waals surface area (Å²) in [7, 11) is 1.83. The summed E-state index contributed by atoms with van der Waals surface area (Å²) in [5.41, 5.74) is 0. The summed E-state index contributed by atoms with van der Waals surface area (Å²) in [6.07, 6.45) is 0. The molecule has 1 aromatic heterocycles. The van der Waals surface area contributed by atoms with E-state index in [0.717, 1.165) is 0 Å². The molecular formula is C9H14Cl2N2O2. The minimum atomic E-state index is -0.251. The Hall–Kier alpha value is -0.710. The first-order valence-corrected chi connectivity index (χ1v) is 4.72. The van der Waals surface area contributed by atoms with Crippen LogP contribution in [-0.4, -0.2) is 25.5 Å². The topological polar surface area (TPSA) is 54.3 Å². The maximum atomic E-state index is 11.4. The second kappa shape index (κ2) is 6.71. The third-order valence-electron chi connectivity index (χ3n) is 1.86. The number of halogens is 2. The molecule has 0 aliphatic rings. The Kier molecular flexibility index (Phi) is 6.40. The second-order valence-electron chi connectivity index (χ2n) is 3.00. The van der Waals surface area contributed by atoms with Gasteiger partial charge in [0.1, 0.15) is 0 Å². The van der Waals surface area contributed by atoms with Crippen LogP contribution in [0.2, 0.25) is 5.22 Å². The fraction of sp³-hybridized carbons (Fsp3) is 0.444. The van der Waals surface area contributed by atoms with Gasteiger partial charge in [0, 0.05) is 12.6 Å². The molecule has 1 atom stereocenters. The van der Waals surface area contributed by atoms with Crippen molar-refractivity contribution in [2.24, 2.45) is 0 Å². The molecule has 0 aliphatic carbocycles. The molecule has 0 spiro atoms. The summed E-state index contributed by atoms with van der Waals surface area (Å²) < 4.78 is 4.94. The molecule has 0 aliphatic heterocycles. The summed E-state index contributed by atoms with van der Waals surface area (Å²) in [6, 6.07) is 3.31. The van der Waals surface area contributed by atoms with Crippen molar-refractivity contribution in [3.05, 3.63) is 23.1 Å². The van der Waals surface area contributed by atoms with Crippen LogP contribution in [0.5, 0.6) is 0 Å². The number of carbonyl (C=O) groups excluding carboxylic acids is 1. The van der Waals surface area contributed by atoms with Crippen LogP contribution in [0, 0.1) is 0 Å². The van der Waals surface area contributed by atoms with Gasteiger partial charge < -0.3 is 15.1 Å². The van der Waals surface area contributed by atoms with Crippen LogP contribution in [0.15, 0.2) is 16.5 Å². The van der Waals surface area contributed by atoms with Crippen LogP contribution in [-0.2, 0) is 0 Å². The SMILES string of the molecule is CNC(C)CNC(=O)c1ccc(Cl)o1.Cl. The van der Waals surface area contributed by atoms with Gasteiger partial charge in [-0.2, -0.15) is 0 Å². The molecular weight excluding hydrogens is 239 g/mol. The average molecular weight is 253 g/mol. The van der Waals surface area contributed by atoms with E-state index in [4.69, 9.17) is 16.0 Å². The number of hydrogen-bond acceptors (Lipinski definition) is 3. The minimum Gasteiger partial charge on any atom is -0.440 e. The molecule has 1 heterocycles. The highest BCUT2D eigenvalue weighted by Gasteiger charge is 2.10. The lowest BCUT2D eigenvalue weighted by atomic mass is 10.3. The molecule has 15 heavy (non-hydrogen) atoms.